The smallest absolute Gasteiger partial charge is 0.126 e. The summed E-state index contributed by atoms with van der Waals surface area (Å²) in [5.41, 5.74) is 3.36. The van der Waals surface area contributed by atoms with Crippen LogP contribution < -0.4 is 4.74 Å². The van der Waals surface area contributed by atoms with Crippen LogP contribution in [0.5, 0.6) is 5.75 Å². The molecular weight excluding hydrogens is 248 g/mol. The van der Waals surface area contributed by atoms with Gasteiger partial charge in [0.25, 0.3) is 0 Å². The number of aliphatic hydroxyl groups is 1. The van der Waals surface area contributed by atoms with Crippen molar-refractivity contribution in [1.82, 2.24) is 0 Å². The zero-order valence-electron chi connectivity index (χ0n) is 12.3. The molecule has 2 aromatic carbocycles. The lowest BCUT2D eigenvalue weighted by molar-refractivity contribution is 0.0467. The Labute approximate surface area is 121 Å². The van der Waals surface area contributed by atoms with Gasteiger partial charge in [0.05, 0.1) is 0 Å². The highest BCUT2D eigenvalue weighted by atomic mass is 16.5. The molecule has 0 aliphatic rings. The molecule has 1 N–H and O–H groups in total. The standard InChI is InChI=1S/C18H22O2/c1-4-15-7-9-16(10-8-15)18(19)14(3)20-17-11-5-13(2)6-12-17/h5-12,14,18-19H,4H2,1-3H3. The van der Waals surface area contributed by atoms with Crippen LogP contribution in [0.2, 0.25) is 0 Å². The van der Waals surface area contributed by atoms with Gasteiger partial charge in [0.2, 0.25) is 0 Å². The van der Waals surface area contributed by atoms with Gasteiger partial charge in [-0.15, -0.1) is 0 Å². The zero-order chi connectivity index (χ0) is 14.5. The summed E-state index contributed by atoms with van der Waals surface area (Å²) >= 11 is 0. The van der Waals surface area contributed by atoms with Crippen molar-refractivity contribution >= 4 is 0 Å². The molecule has 20 heavy (non-hydrogen) atoms. The summed E-state index contributed by atoms with van der Waals surface area (Å²) in [6.45, 7) is 6.05. The minimum Gasteiger partial charge on any atom is -0.488 e. The van der Waals surface area contributed by atoms with E-state index < -0.39 is 6.10 Å². The van der Waals surface area contributed by atoms with Gasteiger partial charge in [-0.25, -0.2) is 0 Å². The molecule has 0 aliphatic heterocycles. The first-order valence-electron chi connectivity index (χ1n) is 7.10. The van der Waals surface area contributed by atoms with Crippen molar-refractivity contribution in [2.24, 2.45) is 0 Å². The van der Waals surface area contributed by atoms with Crippen molar-refractivity contribution in [3.05, 3.63) is 65.2 Å². The fourth-order valence-corrected chi connectivity index (χ4v) is 2.12. The highest BCUT2D eigenvalue weighted by Gasteiger charge is 2.17. The molecule has 0 saturated carbocycles. The summed E-state index contributed by atoms with van der Waals surface area (Å²) in [4.78, 5) is 0. The highest BCUT2D eigenvalue weighted by molar-refractivity contribution is 5.28. The van der Waals surface area contributed by atoms with Gasteiger partial charge >= 0.3 is 0 Å². The monoisotopic (exact) mass is 270 g/mol. The topological polar surface area (TPSA) is 29.5 Å². The number of aliphatic hydroxyl groups excluding tert-OH is 1. The van der Waals surface area contributed by atoms with E-state index in [1.807, 2.05) is 50.2 Å². The summed E-state index contributed by atoms with van der Waals surface area (Å²) in [6.07, 6.45) is 0.0959. The van der Waals surface area contributed by atoms with Crippen LogP contribution in [0.3, 0.4) is 0 Å². The first kappa shape index (κ1) is 14.6. The number of benzene rings is 2. The number of hydrogen-bond donors (Lipinski definition) is 1. The van der Waals surface area contributed by atoms with Crippen molar-refractivity contribution in [2.75, 3.05) is 0 Å². The van der Waals surface area contributed by atoms with Crippen LogP contribution >= 0.6 is 0 Å². The van der Waals surface area contributed by atoms with Crippen LogP contribution in [0, 0.1) is 6.92 Å². The molecule has 2 rings (SSSR count). The molecule has 0 fully saturated rings. The molecule has 0 aliphatic carbocycles. The van der Waals surface area contributed by atoms with E-state index in [0.717, 1.165) is 17.7 Å². The van der Waals surface area contributed by atoms with Gasteiger partial charge in [0, 0.05) is 0 Å². The lowest BCUT2D eigenvalue weighted by atomic mass is 10.0. The Balaban J connectivity index is 2.03. The first-order chi connectivity index (χ1) is 9.60. The molecule has 2 heteroatoms. The van der Waals surface area contributed by atoms with Gasteiger partial charge in [-0.3, -0.25) is 0 Å². The Morgan fingerprint density at radius 3 is 2.15 bits per heavy atom. The fraction of sp³-hybridized carbons (Fsp3) is 0.333. The van der Waals surface area contributed by atoms with E-state index in [2.05, 4.69) is 19.1 Å². The third-order valence-electron chi connectivity index (χ3n) is 3.52. The number of hydrogen-bond acceptors (Lipinski definition) is 2. The molecular formula is C18H22O2. The van der Waals surface area contributed by atoms with E-state index in [1.165, 1.54) is 11.1 Å². The molecule has 0 spiro atoms. The molecule has 2 nitrogen and oxygen atoms in total. The maximum Gasteiger partial charge on any atom is 0.126 e. The molecule has 106 valence electrons. The van der Waals surface area contributed by atoms with Crippen LogP contribution in [0.1, 0.15) is 36.6 Å². The van der Waals surface area contributed by atoms with Crippen LogP contribution in [0.15, 0.2) is 48.5 Å². The van der Waals surface area contributed by atoms with E-state index in [4.69, 9.17) is 4.74 Å². The Bertz CT molecular complexity index is 528. The van der Waals surface area contributed by atoms with Crippen LogP contribution in [-0.4, -0.2) is 11.2 Å². The second-order valence-electron chi connectivity index (χ2n) is 5.18. The van der Waals surface area contributed by atoms with Crippen LogP contribution in [0.25, 0.3) is 0 Å². The molecule has 2 aromatic rings. The van der Waals surface area contributed by atoms with Gasteiger partial charge in [-0.1, -0.05) is 48.9 Å². The molecule has 0 amide bonds. The maximum atomic E-state index is 10.3. The molecule has 2 atom stereocenters. The summed E-state index contributed by atoms with van der Waals surface area (Å²) in [5.74, 6) is 0.785. The maximum absolute atomic E-state index is 10.3. The second-order valence-corrected chi connectivity index (χ2v) is 5.18. The molecule has 0 aromatic heterocycles. The molecule has 0 saturated heterocycles. The zero-order valence-corrected chi connectivity index (χ0v) is 12.3. The lowest BCUT2D eigenvalue weighted by Gasteiger charge is -2.21. The minimum atomic E-state index is -0.623. The third kappa shape index (κ3) is 3.61. The Morgan fingerprint density at radius 2 is 1.60 bits per heavy atom. The van der Waals surface area contributed by atoms with Crippen molar-refractivity contribution in [3.8, 4) is 5.75 Å². The fourth-order valence-electron chi connectivity index (χ4n) is 2.12. The van der Waals surface area contributed by atoms with Gasteiger partial charge in [-0.05, 0) is 43.5 Å². The summed E-state index contributed by atoms with van der Waals surface area (Å²) in [7, 11) is 0. The van der Waals surface area contributed by atoms with Gasteiger partial charge in [-0.2, -0.15) is 0 Å². The second kappa shape index (κ2) is 6.58. The Morgan fingerprint density at radius 1 is 1.00 bits per heavy atom. The first-order valence-corrected chi connectivity index (χ1v) is 7.10. The lowest BCUT2D eigenvalue weighted by Crippen LogP contribution is -2.21. The van der Waals surface area contributed by atoms with Crippen molar-refractivity contribution in [2.45, 2.75) is 39.4 Å². The Hall–Kier alpha value is -1.80. The average molecular weight is 270 g/mol. The largest absolute Gasteiger partial charge is 0.488 e. The quantitative estimate of drug-likeness (QED) is 0.888. The molecule has 2 unspecified atom stereocenters. The van der Waals surface area contributed by atoms with Gasteiger partial charge < -0.3 is 9.84 Å². The highest BCUT2D eigenvalue weighted by Crippen LogP contribution is 2.22. The van der Waals surface area contributed by atoms with Crippen molar-refractivity contribution < 1.29 is 9.84 Å². The summed E-state index contributed by atoms with van der Waals surface area (Å²) in [6, 6.07) is 15.9. The minimum absolute atomic E-state index is 0.287. The molecule has 0 radical (unpaired) electrons. The van der Waals surface area contributed by atoms with Gasteiger partial charge in [0.1, 0.15) is 18.0 Å². The number of ether oxygens (including phenoxy) is 1. The van der Waals surface area contributed by atoms with E-state index in [-0.39, 0.29) is 6.10 Å². The SMILES string of the molecule is CCc1ccc(C(O)C(C)Oc2ccc(C)cc2)cc1. The van der Waals surface area contributed by atoms with E-state index in [0.29, 0.717) is 0 Å². The predicted molar refractivity (Wildman–Crippen MR) is 82.0 cm³/mol. The van der Waals surface area contributed by atoms with Crippen LogP contribution in [0.4, 0.5) is 0 Å². The van der Waals surface area contributed by atoms with E-state index >= 15 is 0 Å². The van der Waals surface area contributed by atoms with Crippen molar-refractivity contribution in [3.63, 3.8) is 0 Å². The Kier molecular flexibility index (Phi) is 4.80. The van der Waals surface area contributed by atoms with E-state index in [9.17, 15) is 5.11 Å². The van der Waals surface area contributed by atoms with Crippen LogP contribution in [-0.2, 0) is 6.42 Å². The van der Waals surface area contributed by atoms with Crippen molar-refractivity contribution in [1.29, 1.82) is 0 Å². The average Bonchev–Trinajstić information content (AvgIpc) is 2.49. The summed E-state index contributed by atoms with van der Waals surface area (Å²) in [5, 5.41) is 10.3. The number of rotatable bonds is 5. The molecule has 0 heterocycles. The third-order valence-corrected chi connectivity index (χ3v) is 3.52. The normalized spacial score (nSPS) is 13.8. The number of aryl methyl sites for hydroxylation is 2. The predicted octanol–water partition coefficient (Wildman–Crippen LogP) is 4.06. The summed E-state index contributed by atoms with van der Waals surface area (Å²) < 4.78 is 5.79. The van der Waals surface area contributed by atoms with Gasteiger partial charge in [0.15, 0.2) is 0 Å². The molecule has 0 bridgehead atoms. The van der Waals surface area contributed by atoms with E-state index in [1.54, 1.807) is 0 Å².